The third kappa shape index (κ3) is 3.97. The van der Waals surface area contributed by atoms with Crippen molar-refractivity contribution in [3.63, 3.8) is 0 Å². The second kappa shape index (κ2) is 8.40. The van der Waals surface area contributed by atoms with E-state index >= 15 is 0 Å². The van der Waals surface area contributed by atoms with E-state index in [1.54, 1.807) is 19.2 Å². The van der Waals surface area contributed by atoms with E-state index in [-0.39, 0.29) is 11.7 Å². The number of hydrogen-bond donors (Lipinski definition) is 1. The fourth-order valence-corrected chi connectivity index (χ4v) is 2.60. The lowest BCUT2D eigenvalue weighted by Crippen LogP contribution is -2.25. The normalized spacial score (nSPS) is 10.7. The summed E-state index contributed by atoms with van der Waals surface area (Å²) in [6.45, 7) is 1.02. The molecule has 0 aliphatic carbocycles. The molecule has 134 valence electrons. The monoisotopic (exact) mass is 354 g/mol. The van der Waals surface area contributed by atoms with E-state index in [9.17, 15) is 9.18 Å². The lowest BCUT2D eigenvalue weighted by molar-refractivity contribution is 0.0949. The third-order valence-electron chi connectivity index (χ3n) is 3.88. The van der Waals surface area contributed by atoms with E-state index in [0.29, 0.717) is 42.2 Å². The van der Waals surface area contributed by atoms with Gasteiger partial charge in [0.05, 0.1) is 0 Å². The zero-order valence-electron chi connectivity index (χ0n) is 14.4. The van der Waals surface area contributed by atoms with Crippen LogP contribution in [0.2, 0.25) is 0 Å². The molecule has 5 nitrogen and oxygen atoms in total. The van der Waals surface area contributed by atoms with Crippen molar-refractivity contribution in [2.24, 2.45) is 0 Å². The topological polar surface area (TPSA) is 64.4 Å². The summed E-state index contributed by atoms with van der Waals surface area (Å²) >= 11 is 0. The van der Waals surface area contributed by atoms with Gasteiger partial charge in [0.1, 0.15) is 17.1 Å². The molecule has 0 unspecified atom stereocenters. The van der Waals surface area contributed by atoms with Gasteiger partial charge in [-0.1, -0.05) is 35.5 Å². The summed E-state index contributed by atoms with van der Waals surface area (Å²) in [5.41, 5.74) is 2.07. The molecule has 0 aliphatic heterocycles. The minimum absolute atomic E-state index is 0.291. The largest absolute Gasteiger partial charge is 0.385 e. The Bertz CT molecular complexity index is 861. The van der Waals surface area contributed by atoms with E-state index in [1.165, 1.54) is 12.1 Å². The lowest BCUT2D eigenvalue weighted by atomic mass is 10.0. The summed E-state index contributed by atoms with van der Waals surface area (Å²) in [6, 6.07) is 15.1. The molecule has 3 aromatic rings. The van der Waals surface area contributed by atoms with Crippen LogP contribution in [-0.4, -0.2) is 31.3 Å². The van der Waals surface area contributed by atoms with Gasteiger partial charge in [-0.05, 0) is 30.7 Å². The highest BCUT2D eigenvalue weighted by molar-refractivity contribution is 6.04. The molecule has 1 N–H and O–H groups in total. The minimum Gasteiger partial charge on any atom is -0.385 e. The van der Waals surface area contributed by atoms with Crippen molar-refractivity contribution in [2.75, 3.05) is 20.3 Å². The molecule has 0 radical (unpaired) electrons. The average Bonchev–Trinajstić information content (AvgIpc) is 3.11. The van der Waals surface area contributed by atoms with Crippen molar-refractivity contribution < 1.29 is 18.4 Å². The number of rotatable bonds is 7. The number of carbonyl (C=O) groups excluding carboxylic acids is 1. The van der Waals surface area contributed by atoms with Gasteiger partial charge < -0.3 is 14.6 Å². The molecular formula is C20H19FN2O3. The molecule has 0 fully saturated rings. The molecule has 1 heterocycles. The molecule has 1 aromatic heterocycles. The Balaban J connectivity index is 1.98. The fraction of sp³-hybridized carbons (Fsp3) is 0.200. The maximum Gasteiger partial charge on any atom is 0.257 e. The third-order valence-corrected chi connectivity index (χ3v) is 3.88. The van der Waals surface area contributed by atoms with Gasteiger partial charge in [0.15, 0.2) is 5.76 Å². The van der Waals surface area contributed by atoms with Crippen LogP contribution in [0.3, 0.4) is 0 Å². The Morgan fingerprint density at radius 2 is 1.85 bits per heavy atom. The van der Waals surface area contributed by atoms with Gasteiger partial charge in [-0.15, -0.1) is 0 Å². The minimum atomic E-state index is -0.355. The molecule has 0 saturated carbocycles. The Labute approximate surface area is 150 Å². The predicted molar refractivity (Wildman–Crippen MR) is 96.2 cm³/mol. The number of benzene rings is 2. The van der Waals surface area contributed by atoms with E-state index < -0.39 is 0 Å². The van der Waals surface area contributed by atoms with E-state index in [1.807, 2.05) is 30.3 Å². The van der Waals surface area contributed by atoms with Crippen LogP contribution in [0.25, 0.3) is 22.6 Å². The Morgan fingerprint density at radius 3 is 2.54 bits per heavy atom. The molecule has 0 spiro atoms. The number of methoxy groups -OCH3 is 1. The molecule has 0 saturated heterocycles. The number of nitrogens with one attached hydrogen (secondary N) is 1. The van der Waals surface area contributed by atoms with Crippen LogP contribution in [-0.2, 0) is 4.74 Å². The SMILES string of the molecule is COCCCNC(=O)c1c(-c2ccc(F)cc2)noc1-c1ccccc1. The highest BCUT2D eigenvalue weighted by Crippen LogP contribution is 2.32. The molecular weight excluding hydrogens is 335 g/mol. The van der Waals surface area contributed by atoms with Crippen molar-refractivity contribution in [1.82, 2.24) is 10.5 Å². The fourth-order valence-electron chi connectivity index (χ4n) is 2.60. The number of nitrogens with zero attached hydrogens (tertiary/aromatic N) is 1. The van der Waals surface area contributed by atoms with Crippen molar-refractivity contribution in [2.45, 2.75) is 6.42 Å². The van der Waals surface area contributed by atoms with Crippen molar-refractivity contribution >= 4 is 5.91 Å². The Kier molecular flexibility index (Phi) is 5.76. The first kappa shape index (κ1) is 17.8. The number of carbonyl (C=O) groups is 1. The van der Waals surface area contributed by atoms with E-state index in [4.69, 9.17) is 9.26 Å². The van der Waals surface area contributed by atoms with E-state index in [2.05, 4.69) is 10.5 Å². The van der Waals surface area contributed by atoms with Crippen LogP contribution in [0.5, 0.6) is 0 Å². The first-order chi connectivity index (χ1) is 12.7. The van der Waals surface area contributed by atoms with Gasteiger partial charge >= 0.3 is 0 Å². The zero-order valence-corrected chi connectivity index (χ0v) is 14.4. The van der Waals surface area contributed by atoms with Crippen LogP contribution < -0.4 is 5.32 Å². The summed E-state index contributed by atoms with van der Waals surface area (Å²) in [6.07, 6.45) is 0.695. The van der Waals surface area contributed by atoms with Crippen molar-refractivity contribution in [3.8, 4) is 22.6 Å². The second-order valence-corrected chi connectivity index (χ2v) is 5.71. The lowest BCUT2D eigenvalue weighted by Gasteiger charge is -2.07. The van der Waals surface area contributed by atoms with Crippen LogP contribution >= 0.6 is 0 Å². The first-order valence-corrected chi connectivity index (χ1v) is 8.29. The van der Waals surface area contributed by atoms with Crippen molar-refractivity contribution in [1.29, 1.82) is 0 Å². The maximum absolute atomic E-state index is 13.2. The van der Waals surface area contributed by atoms with Crippen molar-refractivity contribution in [3.05, 3.63) is 66.0 Å². The van der Waals surface area contributed by atoms with Gasteiger partial charge in [0.25, 0.3) is 5.91 Å². The number of halogens is 1. The highest BCUT2D eigenvalue weighted by atomic mass is 19.1. The predicted octanol–water partition coefficient (Wildman–Crippen LogP) is 3.91. The molecule has 0 atom stereocenters. The molecule has 26 heavy (non-hydrogen) atoms. The van der Waals surface area contributed by atoms with Gasteiger partial charge in [-0.3, -0.25) is 4.79 Å². The second-order valence-electron chi connectivity index (χ2n) is 5.71. The molecule has 0 bridgehead atoms. The smallest absolute Gasteiger partial charge is 0.257 e. The standard InChI is InChI=1S/C20H19FN2O3/c1-25-13-5-12-22-20(24)17-18(14-8-10-16(21)11-9-14)23-26-19(17)15-6-3-2-4-7-15/h2-4,6-11H,5,12-13H2,1H3,(H,22,24). The summed E-state index contributed by atoms with van der Waals surface area (Å²) in [4.78, 5) is 12.8. The zero-order chi connectivity index (χ0) is 18.4. The number of amides is 1. The first-order valence-electron chi connectivity index (χ1n) is 8.29. The average molecular weight is 354 g/mol. The molecule has 2 aromatic carbocycles. The van der Waals surface area contributed by atoms with Crippen LogP contribution in [0.15, 0.2) is 59.1 Å². The Hall–Kier alpha value is -2.99. The van der Waals surface area contributed by atoms with Crippen LogP contribution in [0.1, 0.15) is 16.8 Å². The Morgan fingerprint density at radius 1 is 1.12 bits per heavy atom. The molecule has 6 heteroatoms. The van der Waals surface area contributed by atoms with Gasteiger partial charge in [0, 0.05) is 31.4 Å². The molecule has 3 rings (SSSR count). The summed E-state index contributed by atoms with van der Waals surface area (Å²) in [7, 11) is 1.61. The van der Waals surface area contributed by atoms with Crippen LogP contribution in [0, 0.1) is 5.82 Å². The quantitative estimate of drug-likeness (QED) is 0.653. The number of ether oxygens (including phenoxy) is 1. The van der Waals surface area contributed by atoms with Gasteiger partial charge in [0.2, 0.25) is 0 Å². The molecule has 1 amide bonds. The summed E-state index contributed by atoms with van der Waals surface area (Å²) in [5.74, 6) is -0.263. The van der Waals surface area contributed by atoms with E-state index in [0.717, 1.165) is 5.56 Å². The number of hydrogen-bond acceptors (Lipinski definition) is 4. The summed E-state index contributed by atoms with van der Waals surface area (Å²) < 4.78 is 23.7. The highest BCUT2D eigenvalue weighted by Gasteiger charge is 2.24. The summed E-state index contributed by atoms with van der Waals surface area (Å²) in [5, 5.41) is 6.93. The van der Waals surface area contributed by atoms with Gasteiger partial charge in [-0.25, -0.2) is 4.39 Å². The maximum atomic E-state index is 13.2. The van der Waals surface area contributed by atoms with Crippen LogP contribution in [0.4, 0.5) is 4.39 Å². The van der Waals surface area contributed by atoms with Gasteiger partial charge in [-0.2, -0.15) is 0 Å². The molecule has 0 aliphatic rings. The number of aromatic nitrogens is 1.